The van der Waals surface area contributed by atoms with E-state index in [1.807, 2.05) is 6.07 Å². The number of ether oxygens (including phenoxy) is 1. The lowest BCUT2D eigenvalue weighted by Crippen LogP contribution is -2.32. The first-order valence-corrected chi connectivity index (χ1v) is 5.81. The Morgan fingerprint density at radius 1 is 1.56 bits per heavy atom. The summed E-state index contributed by atoms with van der Waals surface area (Å²) < 4.78 is 5.45. The molecule has 1 saturated heterocycles. The van der Waals surface area contributed by atoms with Crippen molar-refractivity contribution >= 4 is 5.78 Å². The second-order valence-corrected chi connectivity index (χ2v) is 4.23. The molecule has 16 heavy (non-hydrogen) atoms. The van der Waals surface area contributed by atoms with Crippen LogP contribution < -0.4 is 5.32 Å². The molecule has 1 aliphatic heterocycles. The lowest BCUT2D eigenvalue weighted by Gasteiger charge is -2.22. The van der Waals surface area contributed by atoms with E-state index >= 15 is 0 Å². The molecule has 2 rings (SSSR count). The third kappa shape index (κ3) is 3.18. The van der Waals surface area contributed by atoms with E-state index in [2.05, 4.69) is 10.3 Å². The SMILES string of the molecule is O=C(COC[C@@H]1CCCNC1)c1ccc[nH]1. The highest BCUT2D eigenvalue weighted by atomic mass is 16.5. The summed E-state index contributed by atoms with van der Waals surface area (Å²) in [5.41, 5.74) is 0.627. The van der Waals surface area contributed by atoms with Gasteiger partial charge in [0.15, 0.2) is 0 Å². The average molecular weight is 222 g/mol. The van der Waals surface area contributed by atoms with E-state index in [-0.39, 0.29) is 12.4 Å². The van der Waals surface area contributed by atoms with Crippen LogP contribution >= 0.6 is 0 Å². The predicted molar refractivity (Wildman–Crippen MR) is 61.5 cm³/mol. The number of Topliss-reactive ketones (excluding diaryl/α,β-unsaturated/α-hetero) is 1. The molecular formula is C12H18N2O2. The van der Waals surface area contributed by atoms with E-state index in [0.29, 0.717) is 18.2 Å². The van der Waals surface area contributed by atoms with E-state index in [9.17, 15) is 4.79 Å². The van der Waals surface area contributed by atoms with Crippen molar-refractivity contribution in [3.8, 4) is 0 Å². The molecular weight excluding hydrogens is 204 g/mol. The second kappa shape index (κ2) is 5.82. The summed E-state index contributed by atoms with van der Waals surface area (Å²) in [6.07, 6.45) is 4.15. The molecule has 88 valence electrons. The van der Waals surface area contributed by atoms with Crippen LogP contribution in [0.2, 0.25) is 0 Å². The number of H-pyrrole nitrogens is 1. The number of carbonyl (C=O) groups excluding carboxylic acids is 1. The van der Waals surface area contributed by atoms with Gasteiger partial charge in [-0.25, -0.2) is 0 Å². The third-order valence-corrected chi connectivity index (χ3v) is 2.88. The molecule has 0 aromatic carbocycles. The van der Waals surface area contributed by atoms with E-state index in [4.69, 9.17) is 4.74 Å². The Kier molecular flexibility index (Phi) is 4.13. The molecule has 4 heteroatoms. The van der Waals surface area contributed by atoms with Gasteiger partial charge in [-0.1, -0.05) is 0 Å². The van der Waals surface area contributed by atoms with Gasteiger partial charge in [-0.3, -0.25) is 4.79 Å². The quantitative estimate of drug-likeness (QED) is 0.736. The summed E-state index contributed by atoms with van der Waals surface area (Å²) in [6.45, 7) is 2.98. The highest BCUT2D eigenvalue weighted by Gasteiger charge is 2.14. The van der Waals surface area contributed by atoms with Crippen LogP contribution in [0.25, 0.3) is 0 Å². The second-order valence-electron chi connectivity index (χ2n) is 4.23. The summed E-state index contributed by atoms with van der Waals surface area (Å²) >= 11 is 0. The zero-order chi connectivity index (χ0) is 11.2. The number of hydrogen-bond acceptors (Lipinski definition) is 3. The molecule has 0 spiro atoms. The molecule has 1 aromatic heterocycles. The number of carbonyl (C=O) groups is 1. The minimum atomic E-state index is 0.0220. The molecule has 0 radical (unpaired) electrons. The van der Waals surface area contributed by atoms with Gasteiger partial charge in [0.05, 0.1) is 12.3 Å². The fourth-order valence-corrected chi connectivity index (χ4v) is 1.97. The van der Waals surface area contributed by atoms with Crippen molar-refractivity contribution in [3.05, 3.63) is 24.0 Å². The van der Waals surface area contributed by atoms with Crippen LogP contribution in [0.3, 0.4) is 0 Å². The molecule has 1 aliphatic rings. The number of nitrogens with one attached hydrogen (secondary N) is 2. The van der Waals surface area contributed by atoms with E-state index in [0.717, 1.165) is 13.1 Å². The summed E-state index contributed by atoms with van der Waals surface area (Å²) in [5.74, 6) is 0.582. The third-order valence-electron chi connectivity index (χ3n) is 2.88. The molecule has 4 nitrogen and oxygen atoms in total. The maximum absolute atomic E-state index is 11.6. The number of piperidine rings is 1. The van der Waals surface area contributed by atoms with Crippen molar-refractivity contribution < 1.29 is 9.53 Å². The molecule has 0 unspecified atom stereocenters. The summed E-state index contributed by atoms with van der Waals surface area (Å²) in [4.78, 5) is 14.5. The molecule has 1 aromatic rings. The molecule has 1 fully saturated rings. The van der Waals surface area contributed by atoms with Gasteiger partial charge in [0.1, 0.15) is 6.61 Å². The summed E-state index contributed by atoms with van der Waals surface area (Å²) in [7, 11) is 0. The fourth-order valence-electron chi connectivity index (χ4n) is 1.97. The normalized spacial score (nSPS) is 20.9. The van der Waals surface area contributed by atoms with Gasteiger partial charge in [0, 0.05) is 12.7 Å². The minimum Gasteiger partial charge on any atom is -0.373 e. The average Bonchev–Trinajstić information content (AvgIpc) is 2.84. The lowest BCUT2D eigenvalue weighted by molar-refractivity contribution is 0.0642. The zero-order valence-corrected chi connectivity index (χ0v) is 9.37. The smallest absolute Gasteiger partial charge is 0.204 e. The number of hydrogen-bond donors (Lipinski definition) is 2. The molecule has 0 aliphatic carbocycles. The Hall–Kier alpha value is -1.13. The van der Waals surface area contributed by atoms with Crippen molar-refractivity contribution in [1.29, 1.82) is 0 Å². The zero-order valence-electron chi connectivity index (χ0n) is 9.37. The van der Waals surface area contributed by atoms with Gasteiger partial charge in [0.2, 0.25) is 5.78 Å². The van der Waals surface area contributed by atoms with Crippen LogP contribution in [0.1, 0.15) is 23.3 Å². The number of aromatic amines is 1. The Labute approximate surface area is 95.4 Å². The summed E-state index contributed by atoms with van der Waals surface area (Å²) in [5, 5.41) is 3.33. The van der Waals surface area contributed by atoms with Crippen LogP contribution in [0.5, 0.6) is 0 Å². The van der Waals surface area contributed by atoms with E-state index in [1.165, 1.54) is 12.8 Å². The van der Waals surface area contributed by atoms with Gasteiger partial charge in [0.25, 0.3) is 0 Å². The van der Waals surface area contributed by atoms with Crippen molar-refractivity contribution in [2.75, 3.05) is 26.3 Å². The van der Waals surface area contributed by atoms with Gasteiger partial charge >= 0.3 is 0 Å². The van der Waals surface area contributed by atoms with Crippen LogP contribution in [0.15, 0.2) is 18.3 Å². The Balaban J connectivity index is 1.66. The van der Waals surface area contributed by atoms with E-state index in [1.54, 1.807) is 12.3 Å². The Morgan fingerprint density at radius 3 is 3.19 bits per heavy atom. The molecule has 2 heterocycles. The van der Waals surface area contributed by atoms with Crippen molar-refractivity contribution in [2.45, 2.75) is 12.8 Å². The first-order chi connectivity index (χ1) is 7.86. The molecule has 2 N–H and O–H groups in total. The number of ketones is 1. The predicted octanol–water partition coefficient (Wildman–Crippen LogP) is 1.21. The molecule has 0 bridgehead atoms. The fraction of sp³-hybridized carbons (Fsp3) is 0.583. The molecule has 1 atom stereocenters. The standard InChI is InChI=1S/C12H18N2O2/c15-12(11-4-2-6-14-11)9-16-8-10-3-1-5-13-7-10/h2,4,6,10,13-14H,1,3,5,7-9H2/t10-/m1/s1. The lowest BCUT2D eigenvalue weighted by atomic mass is 10.0. The van der Waals surface area contributed by atoms with Crippen molar-refractivity contribution in [2.24, 2.45) is 5.92 Å². The topological polar surface area (TPSA) is 54.1 Å². The van der Waals surface area contributed by atoms with Crippen LogP contribution in [0, 0.1) is 5.92 Å². The minimum absolute atomic E-state index is 0.0220. The largest absolute Gasteiger partial charge is 0.373 e. The Bertz CT molecular complexity index is 316. The van der Waals surface area contributed by atoms with E-state index < -0.39 is 0 Å². The van der Waals surface area contributed by atoms with Crippen molar-refractivity contribution in [3.63, 3.8) is 0 Å². The molecule has 0 amide bonds. The number of rotatable bonds is 5. The first-order valence-electron chi connectivity index (χ1n) is 5.81. The monoisotopic (exact) mass is 222 g/mol. The highest BCUT2D eigenvalue weighted by Crippen LogP contribution is 2.10. The van der Waals surface area contributed by atoms with Crippen LogP contribution in [0.4, 0.5) is 0 Å². The van der Waals surface area contributed by atoms with Crippen LogP contribution in [-0.4, -0.2) is 37.1 Å². The first kappa shape index (κ1) is 11.4. The van der Waals surface area contributed by atoms with Gasteiger partial charge in [-0.2, -0.15) is 0 Å². The van der Waals surface area contributed by atoms with Crippen LogP contribution in [-0.2, 0) is 4.74 Å². The molecule has 0 saturated carbocycles. The highest BCUT2D eigenvalue weighted by molar-refractivity contribution is 5.95. The van der Waals surface area contributed by atoms with Gasteiger partial charge in [-0.05, 0) is 37.4 Å². The van der Waals surface area contributed by atoms with Crippen molar-refractivity contribution in [1.82, 2.24) is 10.3 Å². The number of aromatic nitrogens is 1. The Morgan fingerprint density at radius 2 is 2.50 bits per heavy atom. The van der Waals surface area contributed by atoms with Gasteiger partial charge in [-0.15, -0.1) is 0 Å². The maximum Gasteiger partial charge on any atom is 0.204 e. The summed E-state index contributed by atoms with van der Waals surface area (Å²) in [6, 6.07) is 3.59. The van der Waals surface area contributed by atoms with Gasteiger partial charge < -0.3 is 15.0 Å². The maximum atomic E-state index is 11.6.